The lowest BCUT2D eigenvalue weighted by atomic mass is 10.0. The number of aliphatic carboxylic acids is 2. The number of likely N-dealkylation sites (tertiary alicyclic amines) is 1. The average Bonchev–Trinajstić information content (AvgIpc) is 3.23. The molecule has 1 aromatic rings. The molecule has 1 aromatic heterocycles. The van der Waals surface area contributed by atoms with Crippen LogP contribution in [0.2, 0.25) is 0 Å². The van der Waals surface area contributed by atoms with Crippen LogP contribution in [-0.4, -0.2) is 131 Å². The van der Waals surface area contributed by atoms with Crippen LogP contribution < -0.4 is 0 Å². The molecule has 37 heavy (non-hydrogen) atoms. The van der Waals surface area contributed by atoms with E-state index < -0.39 is 24.3 Å². The van der Waals surface area contributed by atoms with Gasteiger partial charge in [0.15, 0.2) is 0 Å². The molecule has 0 saturated carbocycles. The summed E-state index contributed by atoms with van der Waals surface area (Å²) in [5.74, 6) is -5.47. The van der Waals surface area contributed by atoms with Gasteiger partial charge < -0.3 is 24.7 Å². The minimum atomic E-state index is -5.08. The third kappa shape index (κ3) is 11.3. The lowest BCUT2D eigenvalue weighted by Crippen LogP contribution is -2.52. The van der Waals surface area contributed by atoms with Gasteiger partial charge in [-0.15, -0.1) is 0 Å². The van der Waals surface area contributed by atoms with Crippen LogP contribution in [0.1, 0.15) is 23.3 Å². The van der Waals surface area contributed by atoms with Crippen LogP contribution in [0.15, 0.2) is 12.3 Å². The number of H-pyrrole nitrogens is 1. The summed E-state index contributed by atoms with van der Waals surface area (Å²) in [5, 5.41) is 20.9. The first-order chi connectivity index (χ1) is 17.0. The third-order valence-electron chi connectivity index (χ3n) is 5.32. The Kier molecular flexibility index (Phi) is 12.3. The van der Waals surface area contributed by atoms with Gasteiger partial charge in [-0.25, -0.2) is 9.59 Å². The predicted molar refractivity (Wildman–Crippen MR) is 115 cm³/mol. The van der Waals surface area contributed by atoms with E-state index in [1.807, 2.05) is 4.90 Å². The van der Waals surface area contributed by atoms with Crippen molar-refractivity contribution in [2.24, 2.45) is 0 Å². The van der Waals surface area contributed by atoms with Crippen molar-refractivity contribution in [2.45, 2.75) is 37.3 Å². The number of hydrogen-bond acceptors (Lipinski definition) is 7. The number of carboxylic acids is 2. The van der Waals surface area contributed by atoms with Crippen LogP contribution in [-0.2, 0) is 14.3 Å². The Balaban J connectivity index is 0.000000404. The molecule has 2 aliphatic heterocycles. The first kappa shape index (κ1) is 32.1. The van der Waals surface area contributed by atoms with E-state index >= 15 is 0 Å². The molecule has 2 atom stereocenters. The predicted octanol–water partition coefficient (Wildman–Crippen LogP) is 1.54. The highest BCUT2D eigenvalue weighted by Crippen LogP contribution is 2.24. The number of likely N-dealkylation sites (N-methyl/N-ethyl adjacent to an activating group) is 1. The Hall–Kier alpha value is -2.92. The van der Waals surface area contributed by atoms with Gasteiger partial charge in [-0.1, -0.05) is 0 Å². The van der Waals surface area contributed by atoms with Gasteiger partial charge in [0.05, 0.1) is 12.7 Å². The number of nitrogens with one attached hydrogen (secondary N) is 1. The van der Waals surface area contributed by atoms with Crippen molar-refractivity contribution >= 4 is 17.8 Å². The van der Waals surface area contributed by atoms with E-state index in [0.29, 0.717) is 11.7 Å². The van der Waals surface area contributed by atoms with Crippen LogP contribution in [0.25, 0.3) is 0 Å². The molecule has 17 heteroatoms. The number of ether oxygens (including phenoxy) is 1. The molecule has 0 aromatic carbocycles. The molecule has 3 heterocycles. The number of carbonyl (C=O) groups is 3. The van der Waals surface area contributed by atoms with Crippen molar-refractivity contribution in [1.29, 1.82) is 0 Å². The molecule has 2 aliphatic rings. The second kappa shape index (κ2) is 14.1. The summed E-state index contributed by atoms with van der Waals surface area (Å²) in [6.07, 6.45) is -6.43. The molecule has 0 aliphatic carbocycles. The van der Waals surface area contributed by atoms with E-state index in [1.165, 1.54) is 0 Å². The number of alkyl halides is 6. The van der Waals surface area contributed by atoms with Crippen molar-refractivity contribution in [3.8, 4) is 0 Å². The average molecular weight is 549 g/mol. The monoisotopic (exact) mass is 549 g/mol. The molecular formula is C20H29F6N5O6. The quantitative estimate of drug-likeness (QED) is 0.478. The number of nitrogens with zero attached hydrogens (tertiary/aromatic N) is 4. The van der Waals surface area contributed by atoms with Gasteiger partial charge in [0.1, 0.15) is 5.69 Å². The summed E-state index contributed by atoms with van der Waals surface area (Å²) >= 11 is 0. The Labute approximate surface area is 207 Å². The van der Waals surface area contributed by atoms with Gasteiger partial charge in [-0.05, 0) is 33.0 Å². The van der Waals surface area contributed by atoms with Gasteiger partial charge in [-0.2, -0.15) is 31.4 Å². The summed E-state index contributed by atoms with van der Waals surface area (Å²) in [6, 6.07) is 2.16. The second-order valence-electron chi connectivity index (χ2n) is 8.26. The van der Waals surface area contributed by atoms with Crippen LogP contribution in [0.3, 0.4) is 0 Å². The third-order valence-corrected chi connectivity index (χ3v) is 5.32. The zero-order chi connectivity index (χ0) is 28.4. The molecule has 3 N–H and O–H groups in total. The Morgan fingerprint density at radius 3 is 2.05 bits per heavy atom. The van der Waals surface area contributed by atoms with E-state index in [2.05, 4.69) is 34.1 Å². The number of amides is 1. The number of aromatic nitrogens is 2. The fourth-order valence-electron chi connectivity index (χ4n) is 3.52. The lowest BCUT2D eigenvalue weighted by molar-refractivity contribution is -0.193. The van der Waals surface area contributed by atoms with E-state index in [9.17, 15) is 31.1 Å². The van der Waals surface area contributed by atoms with Crippen LogP contribution >= 0.6 is 0 Å². The molecule has 2 fully saturated rings. The van der Waals surface area contributed by atoms with Crippen molar-refractivity contribution in [3.05, 3.63) is 18.0 Å². The first-order valence-electron chi connectivity index (χ1n) is 10.9. The molecule has 2 saturated heterocycles. The van der Waals surface area contributed by atoms with Crippen LogP contribution in [0.5, 0.6) is 0 Å². The van der Waals surface area contributed by atoms with E-state index in [-0.39, 0.29) is 12.0 Å². The molecule has 212 valence electrons. The molecular weight excluding hydrogens is 520 g/mol. The summed E-state index contributed by atoms with van der Waals surface area (Å²) in [6.45, 7) is 5.43. The maximum absolute atomic E-state index is 12.5. The molecule has 11 nitrogen and oxygen atoms in total. The van der Waals surface area contributed by atoms with Gasteiger partial charge in [0.25, 0.3) is 5.91 Å². The number of halogens is 6. The highest BCUT2D eigenvalue weighted by molar-refractivity contribution is 5.92. The SMILES string of the molecule is CN(C)CCN1CCOC2CCN(C(=O)c3ccn[nH]3)CCC21.O=C(O)C(F)(F)F.O=C(O)C(F)(F)F. The highest BCUT2D eigenvalue weighted by Gasteiger charge is 2.39. The molecule has 0 bridgehead atoms. The number of aromatic amines is 1. The Morgan fingerprint density at radius 1 is 1.05 bits per heavy atom. The van der Waals surface area contributed by atoms with Crippen molar-refractivity contribution in [3.63, 3.8) is 0 Å². The normalized spacial score (nSPS) is 20.5. The molecule has 0 spiro atoms. The van der Waals surface area contributed by atoms with Crippen LogP contribution in [0.4, 0.5) is 26.3 Å². The summed E-state index contributed by atoms with van der Waals surface area (Å²) in [4.78, 5) is 37.0. The maximum atomic E-state index is 12.5. The van der Waals surface area contributed by atoms with Crippen molar-refractivity contribution in [2.75, 3.05) is 53.4 Å². The second-order valence-corrected chi connectivity index (χ2v) is 8.26. The minimum Gasteiger partial charge on any atom is -0.475 e. The smallest absolute Gasteiger partial charge is 0.475 e. The van der Waals surface area contributed by atoms with Crippen molar-refractivity contribution < 1.29 is 55.7 Å². The van der Waals surface area contributed by atoms with Crippen molar-refractivity contribution in [1.82, 2.24) is 24.9 Å². The number of carbonyl (C=O) groups excluding carboxylic acids is 1. The van der Waals surface area contributed by atoms with Crippen LogP contribution in [0, 0.1) is 0 Å². The fourth-order valence-corrected chi connectivity index (χ4v) is 3.52. The Bertz CT molecular complexity index is 841. The van der Waals surface area contributed by atoms with Gasteiger partial charge in [0.2, 0.25) is 0 Å². The first-order valence-corrected chi connectivity index (χ1v) is 10.9. The van der Waals surface area contributed by atoms with Gasteiger partial charge in [-0.3, -0.25) is 14.8 Å². The number of carboxylic acid groups (broad SMARTS) is 2. The van der Waals surface area contributed by atoms with E-state index in [4.69, 9.17) is 24.5 Å². The molecule has 3 rings (SSSR count). The minimum absolute atomic E-state index is 0.0426. The fraction of sp³-hybridized carbons (Fsp3) is 0.700. The standard InChI is InChI=1S/C16H27N5O2.2C2HF3O2/c1-19(2)9-10-20-11-12-23-15-5-8-21(7-4-14(15)20)16(22)13-3-6-17-18-13;2*3-2(4,5)1(6)7/h3,6,14-15H,4-5,7-12H2,1-2H3,(H,17,18);2*(H,6,7). The number of fused-ring (bicyclic) bond motifs is 1. The lowest BCUT2D eigenvalue weighted by Gasteiger charge is -2.40. The van der Waals surface area contributed by atoms with Gasteiger partial charge >= 0.3 is 24.3 Å². The summed E-state index contributed by atoms with van der Waals surface area (Å²) in [7, 11) is 4.21. The zero-order valence-electron chi connectivity index (χ0n) is 20.1. The van der Waals surface area contributed by atoms with Gasteiger partial charge in [0, 0.05) is 45.0 Å². The Morgan fingerprint density at radius 2 is 1.59 bits per heavy atom. The zero-order valence-corrected chi connectivity index (χ0v) is 20.1. The van der Waals surface area contributed by atoms with E-state index in [1.54, 1.807) is 12.3 Å². The maximum Gasteiger partial charge on any atom is 0.490 e. The highest BCUT2D eigenvalue weighted by atomic mass is 19.4. The largest absolute Gasteiger partial charge is 0.490 e. The number of rotatable bonds is 4. The van der Waals surface area contributed by atoms with E-state index in [0.717, 1.165) is 52.2 Å². The molecule has 1 amide bonds. The number of morpholine rings is 1. The number of hydrogen-bond donors (Lipinski definition) is 3. The topological polar surface area (TPSA) is 139 Å². The molecule has 2 unspecified atom stereocenters. The molecule has 0 radical (unpaired) electrons. The summed E-state index contributed by atoms with van der Waals surface area (Å²) in [5.41, 5.74) is 0.570. The summed E-state index contributed by atoms with van der Waals surface area (Å²) < 4.78 is 69.5.